The van der Waals surface area contributed by atoms with Gasteiger partial charge in [-0.05, 0) is 44.6 Å². The topological polar surface area (TPSA) is 49.3 Å². The van der Waals surface area contributed by atoms with E-state index in [9.17, 15) is 9.90 Å². The van der Waals surface area contributed by atoms with E-state index in [0.29, 0.717) is 12.3 Å². The van der Waals surface area contributed by atoms with Crippen LogP contribution in [0.15, 0.2) is 0 Å². The Kier molecular flexibility index (Phi) is 7.88. The third kappa shape index (κ3) is 6.94. The number of aliphatic carboxylic acids is 1. The molecule has 0 aromatic rings. The fraction of sp³-hybridized carbons (Fsp3) is 0.923. The molecular weight excluding hydrogens is 234 g/mol. The van der Waals surface area contributed by atoms with Crippen LogP contribution < -0.4 is 5.32 Å². The molecule has 2 atom stereocenters. The van der Waals surface area contributed by atoms with Gasteiger partial charge in [0.05, 0.1) is 0 Å². The van der Waals surface area contributed by atoms with Crippen molar-refractivity contribution in [3.8, 4) is 0 Å². The van der Waals surface area contributed by atoms with Gasteiger partial charge in [0, 0.05) is 6.04 Å². The van der Waals surface area contributed by atoms with Crippen LogP contribution in [0.3, 0.4) is 0 Å². The number of thioether (sulfide) groups is 1. The monoisotopic (exact) mass is 261 g/mol. The van der Waals surface area contributed by atoms with Crippen molar-refractivity contribution >= 4 is 17.7 Å². The third-order valence-corrected chi connectivity index (χ3v) is 4.22. The summed E-state index contributed by atoms with van der Waals surface area (Å²) in [6, 6.07) is 0.190. The van der Waals surface area contributed by atoms with Gasteiger partial charge in [-0.25, -0.2) is 0 Å². The average Bonchev–Trinajstić information content (AvgIpc) is 2.22. The molecule has 0 bridgehead atoms. The van der Waals surface area contributed by atoms with Crippen molar-refractivity contribution in [1.82, 2.24) is 5.32 Å². The van der Waals surface area contributed by atoms with Gasteiger partial charge in [-0.3, -0.25) is 10.1 Å². The van der Waals surface area contributed by atoms with Crippen LogP contribution in [0.2, 0.25) is 0 Å². The van der Waals surface area contributed by atoms with Gasteiger partial charge in [0.1, 0.15) is 5.54 Å². The highest BCUT2D eigenvalue weighted by Crippen LogP contribution is 2.18. The van der Waals surface area contributed by atoms with Crippen LogP contribution in [0.1, 0.15) is 47.5 Å². The molecular formula is C13H27NO2S. The Morgan fingerprint density at radius 1 is 1.41 bits per heavy atom. The molecule has 102 valence electrons. The fourth-order valence-electron chi connectivity index (χ4n) is 1.56. The van der Waals surface area contributed by atoms with Gasteiger partial charge >= 0.3 is 5.97 Å². The number of carboxylic acid groups (broad SMARTS) is 1. The van der Waals surface area contributed by atoms with Crippen LogP contribution in [0, 0.1) is 5.92 Å². The number of nitrogens with one attached hydrogen (secondary N) is 1. The minimum atomic E-state index is -0.795. The molecule has 2 unspecified atom stereocenters. The molecule has 0 saturated heterocycles. The summed E-state index contributed by atoms with van der Waals surface area (Å²) in [7, 11) is 0. The predicted molar refractivity (Wildman–Crippen MR) is 75.7 cm³/mol. The van der Waals surface area contributed by atoms with Crippen molar-refractivity contribution in [1.29, 1.82) is 0 Å². The molecule has 0 rings (SSSR count). The lowest BCUT2D eigenvalue weighted by Crippen LogP contribution is -2.52. The molecule has 0 radical (unpaired) electrons. The Hall–Kier alpha value is -0.220. The van der Waals surface area contributed by atoms with E-state index in [1.165, 1.54) is 6.42 Å². The van der Waals surface area contributed by atoms with Crippen LogP contribution in [0.4, 0.5) is 0 Å². The van der Waals surface area contributed by atoms with Gasteiger partial charge in [0.2, 0.25) is 0 Å². The number of hydrogen-bond acceptors (Lipinski definition) is 3. The predicted octanol–water partition coefficient (Wildman–Crippen LogP) is 3.00. The zero-order chi connectivity index (χ0) is 13.5. The second kappa shape index (κ2) is 7.98. The molecule has 0 aliphatic carbocycles. The van der Waals surface area contributed by atoms with Crippen molar-refractivity contribution in [2.24, 2.45) is 5.92 Å². The molecule has 0 aromatic heterocycles. The normalized spacial score (nSPS) is 16.8. The second-order valence-corrected chi connectivity index (χ2v) is 6.42. The Labute approximate surface area is 110 Å². The van der Waals surface area contributed by atoms with E-state index in [-0.39, 0.29) is 6.04 Å². The van der Waals surface area contributed by atoms with Crippen LogP contribution in [-0.4, -0.2) is 34.2 Å². The van der Waals surface area contributed by atoms with Gasteiger partial charge in [0.15, 0.2) is 0 Å². The highest BCUT2D eigenvalue weighted by Gasteiger charge is 2.32. The van der Waals surface area contributed by atoms with E-state index in [4.69, 9.17) is 0 Å². The first-order valence-electron chi connectivity index (χ1n) is 6.40. The Morgan fingerprint density at radius 2 is 2.00 bits per heavy atom. The van der Waals surface area contributed by atoms with Gasteiger partial charge in [-0.1, -0.05) is 20.3 Å². The smallest absolute Gasteiger partial charge is 0.323 e. The van der Waals surface area contributed by atoms with Crippen LogP contribution in [-0.2, 0) is 4.79 Å². The van der Waals surface area contributed by atoms with E-state index in [1.807, 2.05) is 25.6 Å². The molecule has 0 spiro atoms. The molecule has 0 aromatic carbocycles. The van der Waals surface area contributed by atoms with Crippen LogP contribution in [0.5, 0.6) is 0 Å². The van der Waals surface area contributed by atoms with E-state index in [1.54, 1.807) is 6.92 Å². The highest BCUT2D eigenvalue weighted by molar-refractivity contribution is 7.99. The summed E-state index contributed by atoms with van der Waals surface area (Å²) >= 11 is 1.85. The van der Waals surface area contributed by atoms with Crippen LogP contribution >= 0.6 is 11.8 Å². The standard InChI is InChI=1S/C13H27NO2S/c1-6-11(4)9-17-8-7-13(5,12(15)16)14-10(2)3/h10-11,14H,6-9H2,1-5H3,(H,15,16). The van der Waals surface area contributed by atoms with E-state index in [2.05, 4.69) is 19.2 Å². The Bertz CT molecular complexity index is 233. The number of carbonyl (C=O) groups is 1. The first-order valence-corrected chi connectivity index (χ1v) is 7.56. The largest absolute Gasteiger partial charge is 0.480 e. The summed E-state index contributed by atoms with van der Waals surface area (Å²) < 4.78 is 0. The summed E-state index contributed by atoms with van der Waals surface area (Å²) in [5, 5.41) is 12.4. The van der Waals surface area contributed by atoms with E-state index in [0.717, 1.165) is 11.5 Å². The average molecular weight is 261 g/mol. The van der Waals surface area contributed by atoms with Crippen molar-refractivity contribution in [2.45, 2.75) is 59.0 Å². The highest BCUT2D eigenvalue weighted by atomic mass is 32.2. The molecule has 0 amide bonds. The summed E-state index contributed by atoms with van der Waals surface area (Å²) in [6.07, 6.45) is 1.86. The first-order chi connectivity index (χ1) is 7.81. The summed E-state index contributed by atoms with van der Waals surface area (Å²) in [5.41, 5.74) is -0.795. The van der Waals surface area contributed by atoms with Gasteiger partial charge in [-0.15, -0.1) is 0 Å². The number of rotatable bonds is 9. The molecule has 0 fully saturated rings. The Morgan fingerprint density at radius 3 is 2.41 bits per heavy atom. The lowest BCUT2D eigenvalue weighted by Gasteiger charge is -2.28. The molecule has 0 aliphatic rings. The van der Waals surface area contributed by atoms with Crippen LogP contribution in [0.25, 0.3) is 0 Å². The minimum Gasteiger partial charge on any atom is -0.480 e. The van der Waals surface area contributed by atoms with Crippen molar-refractivity contribution in [3.63, 3.8) is 0 Å². The van der Waals surface area contributed by atoms with Crippen molar-refractivity contribution in [2.75, 3.05) is 11.5 Å². The summed E-state index contributed by atoms with van der Waals surface area (Å²) in [5.74, 6) is 1.98. The van der Waals surface area contributed by atoms with Crippen molar-refractivity contribution < 1.29 is 9.90 Å². The third-order valence-electron chi connectivity index (χ3n) is 2.92. The van der Waals surface area contributed by atoms with E-state index >= 15 is 0 Å². The molecule has 17 heavy (non-hydrogen) atoms. The molecule has 0 aliphatic heterocycles. The zero-order valence-corrected chi connectivity index (χ0v) is 12.6. The Balaban J connectivity index is 4.06. The van der Waals surface area contributed by atoms with Gasteiger partial charge in [0.25, 0.3) is 0 Å². The molecule has 0 saturated carbocycles. The van der Waals surface area contributed by atoms with Crippen molar-refractivity contribution in [3.05, 3.63) is 0 Å². The quantitative estimate of drug-likeness (QED) is 0.626. The lowest BCUT2D eigenvalue weighted by atomic mass is 9.98. The SMILES string of the molecule is CCC(C)CSCCC(C)(NC(C)C)C(=O)O. The molecule has 2 N–H and O–H groups in total. The maximum atomic E-state index is 11.3. The molecule has 0 heterocycles. The molecule has 3 nitrogen and oxygen atoms in total. The maximum absolute atomic E-state index is 11.3. The molecule has 4 heteroatoms. The first kappa shape index (κ1) is 16.8. The summed E-state index contributed by atoms with van der Waals surface area (Å²) in [6.45, 7) is 10.2. The summed E-state index contributed by atoms with van der Waals surface area (Å²) in [4.78, 5) is 11.3. The fourth-order valence-corrected chi connectivity index (χ4v) is 2.91. The number of carboxylic acids is 1. The van der Waals surface area contributed by atoms with Gasteiger partial charge in [-0.2, -0.15) is 11.8 Å². The van der Waals surface area contributed by atoms with Gasteiger partial charge < -0.3 is 5.11 Å². The maximum Gasteiger partial charge on any atom is 0.323 e. The number of hydrogen-bond donors (Lipinski definition) is 2. The van der Waals surface area contributed by atoms with E-state index < -0.39 is 11.5 Å². The minimum absolute atomic E-state index is 0.190. The lowest BCUT2D eigenvalue weighted by molar-refractivity contribution is -0.144. The zero-order valence-electron chi connectivity index (χ0n) is 11.7. The second-order valence-electron chi connectivity index (χ2n) is 5.27.